The molecule has 102 valence electrons. The molecule has 0 atom stereocenters. The van der Waals surface area contributed by atoms with Crippen molar-refractivity contribution in [2.45, 2.75) is 39.2 Å². The lowest BCUT2D eigenvalue weighted by Crippen LogP contribution is -2.02. The molecule has 0 amide bonds. The Morgan fingerprint density at radius 3 is 2.95 bits per heavy atom. The summed E-state index contributed by atoms with van der Waals surface area (Å²) in [7, 11) is 0. The molecule has 0 aliphatic heterocycles. The van der Waals surface area contributed by atoms with E-state index in [0.29, 0.717) is 13.0 Å². The lowest BCUT2D eigenvalue weighted by Gasteiger charge is -1.95. The number of hydrogen-bond donors (Lipinski definition) is 1. The minimum Gasteiger partial charge on any atom is -0.481 e. The van der Waals surface area contributed by atoms with Crippen molar-refractivity contribution in [1.82, 2.24) is 25.3 Å². The van der Waals surface area contributed by atoms with E-state index in [-0.39, 0.29) is 6.42 Å². The van der Waals surface area contributed by atoms with Crippen LogP contribution in [0.25, 0.3) is 0 Å². The number of aryl methyl sites for hydroxylation is 2. The third kappa shape index (κ3) is 3.87. The maximum absolute atomic E-state index is 10.4. The Kier molecular flexibility index (Phi) is 4.22. The van der Waals surface area contributed by atoms with E-state index in [1.54, 1.807) is 4.68 Å². The molecule has 0 aliphatic carbocycles. The summed E-state index contributed by atoms with van der Waals surface area (Å²) in [6.45, 7) is 2.28. The van der Waals surface area contributed by atoms with Crippen LogP contribution >= 0.6 is 0 Å². The maximum Gasteiger partial charge on any atom is 0.303 e. The first kappa shape index (κ1) is 13.2. The molecule has 0 radical (unpaired) electrons. The van der Waals surface area contributed by atoms with Crippen LogP contribution in [0.2, 0.25) is 0 Å². The summed E-state index contributed by atoms with van der Waals surface area (Å²) in [4.78, 5) is 10.4. The van der Waals surface area contributed by atoms with Gasteiger partial charge in [-0.15, -0.1) is 5.10 Å². The maximum atomic E-state index is 10.4. The van der Waals surface area contributed by atoms with Gasteiger partial charge in [-0.25, -0.2) is 9.31 Å². The number of rotatable bonds is 7. The van der Waals surface area contributed by atoms with Gasteiger partial charge in [-0.05, 0) is 26.2 Å². The molecule has 0 saturated heterocycles. The Hall–Kier alpha value is -2.25. The number of hydrogen-bond acceptors (Lipinski definition) is 6. The van der Waals surface area contributed by atoms with Crippen LogP contribution in [-0.4, -0.2) is 36.4 Å². The molecule has 0 fully saturated rings. The first-order valence-corrected chi connectivity index (χ1v) is 6.04. The van der Waals surface area contributed by atoms with E-state index < -0.39 is 5.97 Å². The third-order valence-electron chi connectivity index (χ3n) is 2.72. The molecular formula is C11H15N5O3. The standard InChI is InChI=1S/C11H15N5O3/c1-8-10(14-19-13-8)7-16-6-9(12-15-16)4-2-3-5-11(17)18/h6H,2-5,7H2,1H3,(H,17,18). The zero-order chi connectivity index (χ0) is 13.7. The van der Waals surface area contributed by atoms with E-state index in [1.807, 2.05) is 13.1 Å². The summed E-state index contributed by atoms with van der Waals surface area (Å²) in [6, 6.07) is 0. The molecule has 0 aliphatic rings. The Balaban J connectivity index is 1.82. The van der Waals surface area contributed by atoms with Gasteiger partial charge < -0.3 is 5.11 Å². The molecule has 0 bridgehead atoms. The van der Waals surface area contributed by atoms with Gasteiger partial charge in [0.15, 0.2) is 0 Å². The van der Waals surface area contributed by atoms with Crippen molar-refractivity contribution < 1.29 is 14.5 Å². The summed E-state index contributed by atoms with van der Waals surface area (Å²) in [5, 5.41) is 24.0. The Bertz CT molecular complexity index is 548. The van der Waals surface area contributed by atoms with Gasteiger partial charge in [0, 0.05) is 12.6 Å². The topological polar surface area (TPSA) is 107 Å². The van der Waals surface area contributed by atoms with Crippen LogP contribution < -0.4 is 0 Å². The van der Waals surface area contributed by atoms with E-state index in [1.165, 1.54) is 0 Å². The fourth-order valence-electron chi connectivity index (χ4n) is 1.66. The summed E-state index contributed by atoms with van der Waals surface area (Å²) in [5.74, 6) is -0.766. The SMILES string of the molecule is Cc1nonc1Cn1cc(CCCCC(=O)O)nn1. The molecule has 8 nitrogen and oxygen atoms in total. The normalized spacial score (nSPS) is 10.8. The average Bonchev–Trinajstić information content (AvgIpc) is 2.96. The number of aliphatic carboxylic acids is 1. The number of aromatic nitrogens is 5. The van der Waals surface area contributed by atoms with Gasteiger partial charge >= 0.3 is 5.97 Å². The smallest absolute Gasteiger partial charge is 0.303 e. The summed E-state index contributed by atoms with van der Waals surface area (Å²) >= 11 is 0. The van der Waals surface area contributed by atoms with E-state index in [0.717, 1.165) is 29.9 Å². The van der Waals surface area contributed by atoms with Crippen molar-refractivity contribution in [2.24, 2.45) is 0 Å². The number of carboxylic acids is 1. The molecule has 0 aromatic carbocycles. The minimum atomic E-state index is -0.766. The second-order valence-corrected chi connectivity index (χ2v) is 4.30. The zero-order valence-corrected chi connectivity index (χ0v) is 10.6. The molecular weight excluding hydrogens is 250 g/mol. The highest BCUT2D eigenvalue weighted by atomic mass is 16.6. The molecule has 0 unspecified atom stereocenters. The molecule has 2 aromatic heterocycles. The molecule has 8 heteroatoms. The van der Waals surface area contributed by atoms with Crippen molar-refractivity contribution in [3.05, 3.63) is 23.3 Å². The molecule has 0 saturated carbocycles. The number of nitrogens with zero attached hydrogens (tertiary/aromatic N) is 5. The van der Waals surface area contributed by atoms with Crippen molar-refractivity contribution in [2.75, 3.05) is 0 Å². The first-order chi connectivity index (χ1) is 9.15. The second kappa shape index (κ2) is 6.07. The van der Waals surface area contributed by atoms with E-state index in [9.17, 15) is 4.79 Å². The van der Waals surface area contributed by atoms with Gasteiger partial charge in [-0.1, -0.05) is 15.5 Å². The number of carbonyl (C=O) groups is 1. The third-order valence-corrected chi connectivity index (χ3v) is 2.72. The van der Waals surface area contributed by atoms with E-state index >= 15 is 0 Å². The Morgan fingerprint density at radius 2 is 2.26 bits per heavy atom. The van der Waals surface area contributed by atoms with Gasteiger partial charge in [-0.3, -0.25) is 4.79 Å². The van der Waals surface area contributed by atoms with Gasteiger partial charge in [0.25, 0.3) is 0 Å². The van der Waals surface area contributed by atoms with Crippen LogP contribution in [0.15, 0.2) is 10.8 Å². The van der Waals surface area contributed by atoms with Crippen LogP contribution in [0.5, 0.6) is 0 Å². The summed E-state index contributed by atoms with van der Waals surface area (Å²) in [6.07, 6.45) is 4.18. The number of carboxylic acid groups (broad SMARTS) is 1. The summed E-state index contributed by atoms with van der Waals surface area (Å²) in [5.41, 5.74) is 2.31. The van der Waals surface area contributed by atoms with Crippen molar-refractivity contribution >= 4 is 5.97 Å². The van der Waals surface area contributed by atoms with Crippen molar-refractivity contribution in [1.29, 1.82) is 0 Å². The zero-order valence-electron chi connectivity index (χ0n) is 10.6. The molecule has 0 spiro atoms. The Labute approximate surface area is 109 Å². The minimum absolute atomic E-state index is 0.192. The predicted molar refractivity (Wildman–Crippen MR) is 63.3 cm³/mol. The van der Waals surface area contributed by atoms with Crippen LogP contribution in [0.1, 0.15) is 36.3 Å². The largest absolute Gasteiger partial charge is 0.481 e. The fraction of sp³-hybridized carbons (Fsp3) is 0.545. The van der Waals surface area contributed by atoms with Crippen molar-refractivity contribution in [3.8, 4) is 0 Å². The van der Waals surface area contributed by atoms with Crippen LogP contribution in [0.4, 0.5) is 0 Å². The Morgan fingerprint density at radius 1 is 1.42 bits per heavy atom. The lowest BCUT2D eigenvalue weighted by molar-refractivity contribution is -0.137. The molecule has 2 heterocycles. The first-order valence-electron chi connectivity index (χ1n) is 6.04. The highest BCUT2D eigenvalue weighted by molar-refractivity contribution is 5.66. The van der Waals surface area contributed by atoms with Gasteiger partial charge in [-0.2, -0.15) is 0 Å². The monoisotopic (exact) mass is 265 g/mol. The fourth-order valence-corrected chi connectivity index (χ4v) is 1.66. The quantitative estimate of drug-likeness (QED) is 0.738. The highest BCUT2D eigenvalue weighted by Crippen LogP contribution is 2.06. The van der Waals surface area contributed by atoms with Crippen LogP contribution in [-0.2, 0) is 17.8 Å². The van der Waals surface area contributed by atoms with Crippen LogP contribution in [0, 0.1) is 6.92 Å². The highest BCUT2D eigenvalue weighted by Gasteiger charge is 2.08. The van der Waals surface area contributed by atoms with Gasteiger partial charge in [0.2, 0.25) is 0 Å². The average molecular weight is 265 g/mol. The second-order valence-electron chi connectivity index (χ2n) is 4.30. The molecule has 19 heavy (non-hydrogen) atoms. The van der Waals surface area contributed by atoms with Gasteiger partial charge in [0.05, 0.1) is 12.2 Å². The van der Waals surface area contributed by atoms with E-state index in [4.69, 9.17) is 5.11 Å². The van der Waals surface area contributed by atoms with Crippen molar-refractivity contribution in [3.63, 3.8) is 0 Å². The van der Waals surface area contributed by atoms with Gasteiger partial charge in [0.1, 0.15) is 11.4 Å². The number of unbranched alkanes of at least 4 members (excludes halogenated alkanes) is 1. The summed E-state index contributed by atoms with van der Waals surface area (Å²) < 4.78 is 6.27. The van der Waals surface area contributed by atoms with Crippen LogP contribution in [0.3, 0.4) is 0 Å². The molecule has 1 N–H and O–H groups in total. The predicted octanol–water partition coefficient (Wildman–Crippen LogP) is 0.815. The molecule has 2 rings (SSSR count). The van der Waals surface area contributed by atoms with E-state index in [2.05, 4.69) is 25.3 Å². The molecule has 2 aromatic rings. The lowest BCUT2D eigenvalue weighted by atomic mass is 10.1.